The highest BCUT2D eigenvalue weighted by atomic mass is 16.5. The fraction of sp³-hybridized carbons (Fsp3) is 0.150. The molecule has 0 aliphatic heterocycles. The van der Waals surface area contributed by atoms with Gasteiger partial charge in [-0.3, -0.25) is 9.78 Å². The maximum Gasteiger partial charge on any atom is 0.328 e. The number of rotatable bonds is 5. The van der Waals surface area contributed by atoms with Gasteiger partial charge in [0.05, 0.1) is 7.11 Å². The van der Waals surface area contributed by atoms with E-state index in [1.165, 1.54) is 13.3 Å². The molecule has 3 aromatic rings. The van der Waals surface area contributed by atoms with Crippen LogP contribution in [-0.2, 0) is 16.0 Å². The van der Waals surface area contributed by atoms with Crippen molar-refractivity contribution >= 4 is 22.6 Å². The van der Waals surface area contributed by atoms with Crippen molar-refractivity contribution in [3.05, 3.63) is 78.1 Å². The zero-order valence-corrected chi connectivity index (χ0v) is 13.8. The van der Waals surface area contributed by atoms with Crippen molar-refractivity contribution in [3.8, 4) is 0 Å². The number of methoxy groups -OCH3 is 1. The summed E-state index contributed by atoms with van der Waals surface area (Å²) in [5.74, 6) is -0.895. The van der Waals surface area contributed by atoms with Gasteiger partial charge in [-0.05, 0) is 28.5 Å². The Morgan fingerprint density at radius 3 is 2.56 bits per heavy atom. The first-order valence-corrected chi connectivity index (χ1v) is 7.95. The van der Waals surface area contributed by atoms with Crippen LogP contribution < -0.4 is 5.32 Å². The molecule has 1 N–H and O–H groups in total. The number of esters is 1. The third-order valence-corrected chi connectivity index (χ3v) is 3.99. The highest BCUT2D eigenvalue weighted by molar-refractivity contribution is 5.95. The second-order valence-electron chi connectivity index (χ2n) is 5.61. The van der Waals surface area contributed by atoms with E-state index in [9.17, 15) is 9.59 Å². The first kappa shape index (κ1) is 16.6. The first-order chi connectivity index (χ1) is 12.2. The summed E-state index contributed by atoms with van der Waals surface area (Å²) in [5, 5.41) is 4.85. The van der Waals surface area contributed by atoms with Crippen molar-refractivity contribution in [1.82, 2.24) is 10.3 Å². The molecule has 1 atom stereocenters. The third-order valence-electron chi connectivity index (χ3n) is 3.99. The number of amides is 1. The number of hydrogen-bond donors (Lipinski definition) is 1. The van der Waals surface area contributed by atoms with Crippen molar-refractivity contribution in [2.45, 2.75) is 12.5 Å². The summed E-state index contributed by atoms with van der Waals surface area (Å²) in [5.41, 5.74) is 1.23. The number of nitrogens with one attached hydrogen (secondary N) is 1. The zero-order chi connectivity index (χ0) is 17.6. The minimum Gasteiger partial charge on any atom is -0.467 e. The normalized spacial score (nSPS) is 11.7. The van der Waals surface area contributed by atoms with E-state index in [2.05, 4.69) is 10.3 Å². The van der Waals surface area contributed by atoms with Gasteiger partial charge in [-0.1, -0.05) is 48.5 Å². The quantitative estimate of drug-likeness (QED) is 0.729. The van der Waals surface area contributed by atoms with Crippen LogP contribution in [0.25, 0.3) is 10.8 Å². The van der Waals surface area contributed by atoms with Crippen LogP contribution in [0.4, 0.5) is 0 Å². The van der Waals surface area contributed by atoms with Crippen LogP contribution in [0.2, 0.25) is 0 Å². The van der Waals surface area contributed by atoms with Crippen LogP contribution in [0.5, 0.6) is 0 Å². The van der Waals surface area contributed by atoms with Crippen LogP contribution in [0, 0.1) is 0 Å². The Labute approximate surface area is 145 Å². The van der Waals surface area contributed by atoms with E-state index in [1.807, 2.05) is 42.5 Å². The Morgan fingerprint density at radius 1 is 1.04 bits per heavy atom. The van der Waals surface area contributed by atoms with Crippen LogP contribution in [0.1, 0.15) is 16.1 Å². The maximum atomic E-state index is 12.3. The largest absolute Gasteiger partial charge is 0.467 e. The van der Waals surface area contributed by atoms with Crippen LogP contribution in [-0.4, -0.2) is 30.0 Å². The van der Waals surface area contributed by atoms with Gasteiger partial charge in [-0.2, -0.15) is 0 Å². The Kier molecular flexibility index (Phi) is 5.04. The molecule has 1 aromatic heterocycles. The lowest BCUT2D eigenvalue weighted by Gasteiger charge is -2.17. The lowest BCUT2D eigenvalue weighted by molar-refractivity contribution is -0.142. The topological polar surface area (TPSA) is 68.3 Å². The standard InChI is InChI=1S/C20H18N2O3/c1-25-20(24)18(22-19(23)17-11-4-5-12-21-17)13-15-9-6-8-14-7-2-3-10-16(14)15/h2-12,18H,13H2,1H3,(H,22,23)/t18-/m1/s1. The summed E-state index contributed by atoms with van der Waals surface area (Å²) in [4.78, 5) is 28.5. The Morgan fingerprint density at radius 2 is 1.80 bits per heavy atom. The average molecular weight is 334 g/mol. The summed E-state index contributed by atoms with van der Waals surface area (Å²) < 4.78 is 4.86. The van der Waals surface area contributed by atoms with E-state index >= 15 is 0 Å². The van der Waals surface area contributed by atoms with Gasteiger partial charge in [-0.15, -0.1) is 0 Å². The summed E-state index contributed by atoms with van der Waals surface area (Å²) in [6.45, 7) is 0. The molecule has 0 bridgehead atoms. The molecular formula is C20H18N2O3. The number of hydrogen-bond acceptors (Lipinski definition) is 4. The smallest absolute Gasteiger partial charge is 0.328 e. The van der Waals surface area contributed by atoms with E-state index in [0.29, 0.717) is 6.42 Å². The molecule has 5 heteroatoms. The molecule has 0 radical (unpaired) electrons. The van der Waals surface area contributed by atoms with E-state index in [-0.39, 0.29) is 5.69 Å². The summed E-state index contributed by atoms with van der Waals surface area (Å²) in [6, 6.07) is 18.1. The van der Waals surface area contributed by atoms with Gasteiger partial charge in [0, 0.05) is 12.6 Å². The molecule has 1 amide bonds. The lowest BCUT2D eigenvalue weighted by Crippen LogP contribution is -2.43. The molecule has 0 unspecified atom stereocenters. The number of aromatic nitrogens is 1. The van der Waals surface area contributed by atoms with E-state index in [0.717, 1.165) is 16.3 Å². The first-order valence-electron chi connectivity index (χ1n) is 7.95. The lowest BCUT2D eigenvalue weighted by atomic mass is 9.98. The molecule has 0 fully saturated rings. The average Bonchev–Trinajstić information content (AvgIpc) is 2.67. The number of ether oxygens (including phenoxy) is 1. The van der Waals surface area contributed by atoms with Gasteiger partial charge in [-0.25, -0.2) is 4.79 Å². The molecule has 2 aromatic carbocycles. The maximum absolute atomic E-state index is 12.3. The molecule has 0 saturated heterocycles. The highest BCUT2D eigenvalue weighted by Gasteiger charge is 2.23. The van der Waals surface area contributed by atoms with Crippen molar-refractivity contribution in [2.24, 2.45) is 0 Å². The molecule has 5 nitrogen and oxygen atoms in total. The zero-order valence-electron chi connectivity index (χ0n) is 13.8. The molecule has 25 heavy (non-hydrogen) atoms. The van der Waals surface area contributed by atoms with Gasteiger partial charge >= 0.3 is 5.97 Å². The van der Waals surface area contributed by atoms with Crippen molar-refractivity contribution in [1.29, 1.82) is 0 Å². The predicted molar refractivity (Wildman–Crippen MR) is 95.2 cm³/mol. The van der Waals surface area contributed by atoms with Gasteiger partial charge < -0.3 is 10.1 Å². The predicted octanol–water partition coefficient (Wildman–Crippen LogP) is 2.75. The molecule has 0 spiro atoms. The van der Waals surface area contributed by atoms with E-state index < -0.39 is 17.9 Å². The van der Waals surface area contributed by atoms with Crippen LogP contribution in [0.3, 0.4) is 0 Å². The molecule has 0 aliphatic rings. The summed E-state index contributed by atoms with van der Waals surface area (Å²) >= 11 is 0. The number of pyridine rings is 1. The molecule has 0 saturated carbocycles. The van der Waals surface area contributed by atoms with Crippen molar-refractivity contribution in [3.63, 3.8) is 0 Å². The minimum atomic E-state index is -0.787. The monoisotopic (exact) mass is 334 g/mol. The molecule has 0 aliphatic carbocycles. The van der Waals surface area contributed by atoms with Gasteiger partial charge in [0.15, 0.2) is 0 Å². The van der Waals surface area contributed by atoms with E-state index in [1.54, 1.807) is 18.2 Å². The van der Waals surface area contributed by atoms with Gasteiger partial charge in [0.1, 0.15) is 11.7 Å². The van der Waals surface area contributed by atoms with E-state index in [4.69, 9.17) is 4.74 Å². The van der Waals surface area contributed by atoms with Crippen molar-refractivity contribution < 1.29 is 14.3 Å². The fourth-order valence-corrected chi connectivity index (χ4v) is 2.76. The van der Waals surface area contributed by atoms with Gasteiger partial charge in [0.25, 0.3) is 5.91 Å². The SMILES string of the molecule is COC(=O)[C@@H](Cc1cccc2ccccc12)NC(=O)c1ccccn1. The second kappa shape index (κ2) is 7.57. The van der Waals surface area contributed by atoms with Crippen LogP contribution >= 0.6 is 0 Å². The number of nitrogens with zero attached hydrogens (tertiary/aromatic N) is 1. The molecule has 3 rings (SSSR count). The Hall–Kier alpha value is -3.21. The highest BCUT2D eigenvalue weighted by Crippen LogP contribution is 2.20. The number of carbonyl (C=O) groups excluding carboxylic acids is 2. The third kappa shape index (κ3) is 3.83. The second-order valence-corrected chi connectivity index (χ2v) is 5.61. The summed E-state index contributed by atoms with van der Waals surface area (Å²) in [7, 11) is 1.31. The molecule has 1 heterocycles. The molecular weight excluding hydrogens is 316 g/mol. The molecule has 126 valence electrons. The number of carbonyl (C=O) groups is 2. The van der Waals surface area contributed by atoms with Crippen LogP contribution in [0.15, 0.2) is 66.9 Å². The Balaban J connectivity index is 1.86. The number of fused-ring (bicyclic) bond motifs is 1. The van der Waals surface area contributed by atoms with Crippen molar-refractivity contribution in [2.75, 3.05) is 7.11 Å². The fourth-order valence-electron chi connectivity index (χ4n) is 2.76. The number of benzene rings is 2. The summed E-state index contributed by atoms with van der Waals surface area (Å²) in [6.07, 6.45) is 1.87. The Bertz CT molecular complexity index is 888. The van der Waals surface area contributed by atoms with Gasteiger partial charge in [0.2, 0.25) is 0 Å². The minimum absolute atomic E-state index is 0.259.